The van der Waals surface area contributed by atoms with Gasteiger partial charge in [0.25, 0.3) is 0 Å². The third-order valence-electron chi connectivity index (χ3n) is 5.77. The van der Waals surface area contributed by atoms with Gasteiger partial charge in [-0.2, -0.15) is 4.98 Å². The molecule has 2 aromatic carbocycles. The quantitative estimate of drug-likeness (QED) is 0.676. The lowest BCUT2D eigenvalue weighted by Gasteiger charge is -2.36. The minimum atomic E-state index is -0.164. The van der Waals surface area contributed by atoms with E-state index in [1.807, 2.05) is 24.4 Å². The summed E-state index contributed by atoms with van der Waals surface area (Å²) in [4.78, 5) is 16.0. The van der Waals surface area contributed by atoms with Crippen molar-refractivity contribution in [2.24, 2.45) is 0 Å². The zero-order chi connectivity index (χ0) is 19.6. The summed E-state index contributed by atoms with van der Waals surface area (Å²) in [5, 5.41) is 0. The van der Waals surface area contributed by atoms with Crippen molar-refractivity contribution >= 4 is 23.1 Å². The van der Waals surface area contributed by atoms with Crippen LogP contribution in [-0.4, -0.2) is 42.7 Å². The van der Waals surface area contributed by atoms with Gasteiger partial charge in [0.15, 0.2) is 0 Å². The zero-order valence-electron chi connectivity index (χ0n) is 16.3. The Balaban J connectivity index is 1.33. The largest absolute Gasteiger partial charge is 0.366 e. The van der Waals surface area contributed by atoms with E-state index in [0.717, 1.165) is 57.3 Å². The monoisotopic (exact) mass is 389 g/mol. The SMILES string of the molecule is Fc1ccccc1N1CCN(c2nccc(N3CCCc4ccccc43)n2)CC1. The van der Waals surface area contributed by atoms with E-state index < -0.39 is 0 Å². The molecule has 5 nitrogen and oxygen atoms in total. The first kappa shape index (κ1) is 17.9. The molecule has 1 fully saturated rings. The van der Waals surface area contributed by atoms with Crippen LogP contribution in [0.1, 0.15) is 12.0 Å². The highest BCUT2D eigenvalue weighted by Gasteiger charge is 2.23. The molecule has 0 amide bonds. The van der Waals surface area contributed by atoms with Gasteiger partial charge in [0.1, 0.15) is 11.6 Å². The van der Waals surface area contributed by atoms with Gasteiger partial charge in [0.05, 0.1) is 5.69 Å². The smallest absolute Gasteiger partial charge is 0.227 e. The van der Waals surface area contributed by atoms with Crippen molar-refractivity contribution in [3.63, 3.8) is 0 Å². The molecule has 0 N–H and O–H groups in total. The standard InChI is InChI=1S/C23H24FN5/c24-19-8-2-4-10-21(19)27-14-16-28(17-15-27)23-25-12-11-22(26-23)29-13-5-7-18-6-1-3-9-20(18)29/h1-4,6,8-12H,5,7,13-17H2. The molecule has 2 aliphatic rings. The summed E-state index contributed by atoms with van der Waals surface area (Å²) in [5.41, 5.74) is 3.29. The Morgan fingerprint density at radius 2 is 1.48 bits per heavy atom. The summed E-state index contributed by atoms with van der Waals surface area (Å²) in [7, 11) is 0. The lowest BCUT2D eigenvalue weighted by Crippen LogP contribution is -2.47. The molecule has 0 bridgehead atoms. The van der Waals surface area contributed by atoms with E-state index in [2.05, 4.69) is 43.9 Å². The third kappa shape index (κ3) is 3.50. The number of aromatic nitrogens is 2. The Morgan fingerprint density at radius 3 is 2.31 bits per heavy atom. The molecule has 0 atom stereocenters. The highest BCUT2D eigenvalue weighted by Crippen LogP contribution is 2.32. The van der Waals surface area contributed by atoms with Crippen LogP contribution in [0.3, 0.4) is 0 Å². The number of anilines is 4. The van der Waals surface area contributed by atoms with E-state index in [-0.39, 0.29) is 5.82 Å². The van der Waals surface area contributed by atoms with Crippen molar-refractivity contribution in [1.29, 1.82) is 0 Å². The average Bonchev–Trinajstić information content (AvgIpc) is 2.79. The van der Waals surface area contributed by atoms with Crippen LogP contribution in [0.4, 0.5) is 27.5 Å². The van der Waals surface area contributed by atoms with Gasteiger partial charge in [-0.1, -0.05) is 30.3 Å². The van der Waals surface area contributed by atoms with Crippen LogP contribution in [0, 0.1) is 5.82 Å². The number of aryl methyl sites for hydroxylation is 1. The van der Waals surface area contributed by atoms with Crippen LogP contribution in [0.2, 0.25) is 0 Å². The van der Waals surface area contributed by atoms with E-state index in [0.29, 0.717) is 5.69 Å². The highest BCUT2D eigenvalue weighted by molar-refractivity contribution is 5.66. The number of rotatable bonds is 3. The fourth-order valence-electron chi connectivity index (χ4n) is 4.27. The topological polar surface area (TPSA) is 35.5 Å². The summed E-state index contributed by atoms with van der Waals surface area (Å²) >= 11 is 0. The maximum atomic E-state index is 14.1. The van der Waals surface area contributed by atoms with E-state index in [9.17, 15) is 4.39 Å². The molecule has 1 aromatic heterocycles. The molecule has 0 saturated carbocycles. The number of benzene rings is 2. The molecule has 5 rings (SSSR count). The number of para-hydroxylation sites is 2. The van der Waals surface area contributed by atoms with Crippen molar-refractivity contribution < 1.29 is 4.39 Å². The highest BCUT2D eigenvalue weighted by atomic mass is 19.1. The minimum absolute atomic E-state index is 0.164. The Morgan fingerprint density at radius 1 is 0.759 bits per heavy atom. The molecule has 0 unspecified atom stereocenters. The van der Waals surface area contributed by atoms with Gasteiger partial charge in [-0.05, 0) is 42.7 Å². The molecule has 0 spiro atoms. The fourth-order valence-corrected chi connectivity index (χ4v) is 4.27. The van der Waals surface area contributed by atoms with Crippen LogP contribution in [0.15, 0.2) is 60.8 Å². The van der Waals surface area contributed by atoms with Gasteiger partial charge in [-0.15, -0.1) is 0 Å². The Bertz CT molecular complexity index is 1000. The van der Waals surface area contributed by atoms with Crippen LogP contribution in [0.5, 0.6) is 0 Å². The maximum Gasteiger partial charge on any atom is 0.227 e. The molecule has 3 heterocycles. The van der Waals surface area contributed by atoms with Crippen LogP contribution >= 0.6 is 0 Å². The molecular weight excluding hydrogens is 365 g/mol. The fraction of sp³-hybridized carbons (Fsp3) is 0.304. The van der Waals surface area contributed by atoms with E-state index in [1.54, 1.807) is 6.07 Å². The first-order valence-corrected chi connectivity index (χ1v) is 10.2. The molecule has 2 aliphatic heterocycles. The van der Waals surface area contributed by atoms with Gasteiger partial charge < -0.3 is 14.7 Å². The average molecular weight is 389 g/mol. The molecule has 148 valence electrons. The minimum Gasteiger partial charge on any atom is -0.366 e. The third-order valence-corrected chi connectivity index (χ3v) is 5.77. The van der Waals surface area contributed by atoms with Gasteiger partial charge in [0.2, 0.25) is 5.95 Å². The summed E-state index contributed by atoms with van der Waals surface area (Å²) < 4.78 is 14.1. The van der Waals surface area contributed by atoms with Gasteiger partial charge in [-0.3, -0.25) is 0 Å². The second-order valence-electron chi connectivity index (χ2n) is 7.52. The Hall–Kier alpha value is -3.15. The summed E-state index contributed by atoms with van der Waals surface area (Å²) in [6, 6.07) is 17.5. The van der Waals surface area contributed by atoms with Crippen molar-refractivity contribution in [2.75, 3.05) is 47.4 Å². The molecular formula is C23H24FN5. The molecule has 1 saturated heterocycles. The molecule has 6 heteroatoms. The number of hydrogen-bond acceptors (Lipinski definition) is 5. The maximum absolute atomic E-state index is 14.1. The second-order valence-corrected chi connectivity index (χ2v) is 7.52. The van der Waals surface area contributed by atoms with Crippen LogP contribution < -0.4 is 14.7 Å². The van der Waals surface area contributed by atoms with Crippen LogP contribution in [0.25, 0.3) is 0 Å². The number of piperazine rings is 1. The van der Waals surface area contributed by atoms with Crippen molar-refractivity contribution in [3.05, 3.63) is 72.2 Å². The second kappa shape index (κ2) is 7.70. The van der Waals surface area contributed by atoms with E-state index in [4.69, 9.17) is 4.98 Å². The Labute approximate surface area is 170 Å². The number of hydrogen-bond donors (Lipinski definition) is 0. The molecule has 0 aliphatic carbocycles. The number of halogens is 1. The predicted molar refractivity (Wildman–Crippen MR) is 115 cm³/mol. The summed E-state index contributed by atoms with van der Waals surface area (Å²) in [6.45, 7) is 4.01. The molecule has 3 aromatic rings. The summed E-state index contributed by atoms with van der Waals surface area (Å²) in [5.74, 6) is 1.53. The van der Waals surface area contributed by atoms with Crippen LogP contribution in [-0.2, 0) is 6.42 Å². The number of nitrogens with zero attached hydrogens (tertiary/aromatic N) is 5. The van der Waals surface area contributed by atoms with Crippen molar-refractivity contribution in [1.82, 2.24) is 9.97 Å². The first-order valence-electron chi connectivity index (χ1n) is 10.2. The lowest BCUT2D eigenvalue weighted by atomic mass is 10.0. The predicted octanol–water partition coefficient (Wildman–Crippen LogP) is 4.03. The van der Waals surface area contributed by atoms with Gasteiger partial charge >= 0.3 is 0 Å². The molecule has 0 radical (unpaired) electrons. The van der Waals surface area contributed by atoms with Crippen molar-refractivity contribution in [3.8, 4) is 0 Å². The molecule has 29 heavy (non-hydrogen) atoms. The zero-order valence-corrected chi connectivity index (χ0v) is 16.3. The summed E-state index contributed by atoms with van der Waals surface area (Å²) in [6.07, 6.45) is 4.08. The Kier molecular flexibility index (Phi) is 4.76. The van der Waals surface area contributed by atoms with Crippen molar-refractivity contribution in [2.45, 2.75) is 12.8 Å². The van der Waals surface area contributed by atoms with Gasteiger partial charge in [0, 0.05) is 44.6 Å². The lowest BCUT2D eigenvalue weighted by molar-refractivity contribution is 0.594. The van der Waals surface area contributed by atoms with E-state index in [1.165, 1.54) is 17.3 Å². The normalized spacial score (nSPS) is 16.7. The number of fused-ring (bicyclic) bond motifs is 1. The van der Waals surface area contributed by atoms with Gasteiger partial charge in [-0.25, -0.2) is 9.37 Å². The van der Waals surface area contributed by atoms with E-state index >= 15 is 0 Å². The first-order chi connectivity index (χ1) is 14.3.